The van der Waals surface area contributed by atoms with Crippen molar-refractivity contribution in [1.29, 1.82) is 0 Å². The van der Waals surface area contributed by atoms with Gasteiger partial charge in [-0.05, 0) is 25.7 Å². The fourth-order valence-electron chi connectivity index (χ4n) is 3.08. The number of nitrogens with zero attached hydrogens (tertiary/aromatic N) is 2. The number of rotatable bonds is 4. The van der Waals surface area contributed by atoms with Crippen molar-refractivity contribution < 1.29 is 18.3 Å². The summed E-state index contributed by atoms with van der Waals surface area (Å²) in [5.74, 6) is -0.881. The Hall–Kier alpha value is -0.660. The van der Waals surface area contributed by atoms with Gasteiger partial charge in [-0.2, -0.15) is 17.0 Å². The van der Waals surface area contributed by atoms with Crippen LogP contribution in [0.1, 0.15) is 45.4 Å². The minimum absolute atomic E-state index is 0.109. The van der Waals surface area contributed by atoms with Gasteiger partial charge in [-0.1, -0.05) is 19.8 Å². The van der Waals surface area contributed by atoms with Gasteiger partial charge >= 0.3 is 5.97 Å². The summed E-state index contributed by atoms with van der Waals surface area (Å²) in [7, 11) is -3.50. The van der Waals surface area contributed by atoms with Crippen molar-refractivity contribution in [1.82, 2.24) is 8.61 Å². The second-order valence-corrected chi connectivity index (χ2v) is 7.77. The smallest absolute Gasteiger partial charge is 0.311 e. The topological polar surface area (TPSA) is 77.9 Å². The van der Waals surface area contributed by atoms with E-state index in [0.29, 0.717) is 32.5 Å². The number of hydrogen-bond donors (Lipinski definition) is 1. The standard InChI is InChI=1S/C13H24N2O4S/c1-2-13(12(16)17)7-10-15(11-13)20(18,19)14-8-5-3-4-6-9-14/h2-11H2,1H3,(H,16,17). The van der Waals surface area contributed by atoms with E-state index in [1.165, 1.54) is 8.61 Å². The molecule has 7 heteroatoms. The lowest BCUT2D eigenvalue weighted by molar-refractivity contribution is -0.148. The predicted molar refractivity (Wildman–Crippen MR) is 75.5 cm³/mol. The Labute approximate surface area is 120 Å². The first kappa shape index (κ1) is 15.7. The Kier molecular flexibility index (Phi) is 4.71. The number of carboxylic acid groups (broad SMARTS) is 1. The van der Waals surface area contributed by atoms with Gasteiger partial charge in [0.15, 0.2) is 0 Å². The molecule has 2 heterocycles. The molecule has 2 saturated heterocycles. The van der Waals surface area contributed by atoms with Crippen LogP contribution in [0.4, 0.5) is 0 Å². The van der Waals surface area contributed by atoms with Crippen molar-refractivity contribution in [2.75, 3.05) is 26.2 Å². The van der Waals surface area contributed by atoms with Crippen LogP contribution in [0.15, 0.2) is 0 Å². The Morgan fingerprint density at radius 1 is 1.10 bits per heavy atom. The van der Waals surface area contributed by atoms with Crippen molar-refractivity contribution in [3.05, 3.63) is 0 Å². The number of carbonyl (C=O) groups is 1. The van der Waals surface area contributed by atoms with Crippen molar-refractivity contribution in [2.45, 2.75) is 45.4 Å². The zero-order valence-corrected chi connectivity index (χ0v) is 12.9. The maximum atomic E-state index is 12.6. The largest absolute Gasteiger partial charge is 0.481 e. The van der Waals surface area contributed by atoms with Gasteiger partial charge in [0.05, 0.1) is 5.41 Å². The first-order chi connectivity index (χ1) is 9.42. The highest BCUT2D eigenvalue weighted by Gasteiger charge is 2.48. The highest BCUT2D eigenvalue weighted by Crippen LogP contribution is 2.36. The Morgan fingerprint density at radius 3 is 2.15 bits per heavy atom. The maximum absolute atomic E-state index is 12.6. The van der Waals surface area contributed by atoms with E-state index in [1.807, 2.05) is 6.92 Å². The van der Waals surface area contributed by atoms with Gasteiger partial charge in [0.25, 0.3) is 10.2 Å². The van der Waals surface area contributed by atoms with E-state index in [9.17, 15) is 18.3 Å². The van der Waals surface area contributed by atoms with E-state index in [-0.39, 0.29) is 6.54 Å². The molecule has 2 aliphatic heterocycles. The summed E-state index contributed by atoms with van der Waals surface area (Å²) in [6.07, 6.45) is 4.80. The van der Waals surface area contributed by atoms with Crippen molar-refractivity contribution in [3.8, 4) is 0 Å². The number of hydrogen-bond acceptors (Lipinski definition) is 3. The van der Waals surface area contributed by atoms with Crippen molar-refractivity contribution in [3.63, 3.8) is 0 Å². The lowest BCUT2D eigenvalue weighted by Crippen LogP contribution is -2.45. The van der Waals surface area contributed by atoms with Gasteiger partial charge in [-0.3, -0.25) is 4.79 Å². The fraction of sp³-hybridized carbons (Fsp3) is 0.923. The molecule has 0 amide bonds. The number of carboxylic acids is 1. The second-order valence-electron chi connectivity index (χ2n) is 5.84. The minimum atomic E-state index is -3.50. The zero-order valence-electron chi connectivity index (χ0n) is 12.0. The molecule has 0 spiro atoms. The van der Waals surface area contributed by atoms with Gasteiger partial charge < -0.3 is 5.11 Å². The molecule has 0 aromatic carbocycles. The molecule has 1 unspecified atom stereocenters. The minimum Gasteiger partial charge on any atom is -0.481 e. The molecule has 0 aromatic rings. The Morgan fingerprint density at radius 2 is 1.70 bits per heavy atom. The van der Waals surface area contributed by atoms with Crippen LogP contribution in [0, 0.1) is 5.41 Å². The lowest BCUT2D eigenvalue weighted by Gasteiger charge is -2.27. The molecule has 2 fully saturated rings. The zero-order chi connectivity index (χ0) is 14.8. The average molecular weight is 304 g/mol. The molecule has 1 atom stereocenters. The summed E-state index contributed by atoms with van der Waals surface area (Å²) in [5, 5.41) is 9.37. The molecular weight excluding hydrogens is 280 g/mol. The van der Waals surface area contributed by atoms with Gasteiger partial charge in [0.2, 0.25) is 0 Å². The highest BCUT2D eigenvalue weighted by atomic mass is 32.2. The van der Waals surface area contributed by atoms with E-state index in [4.69, 9.17) is 0 Å². The molecule has 0 saturated carbocycles. The summed E-state index contributed by atoms with van der Waals surface area (Å²) < 4.78 is 28.2. The highest BCUT2D eigenvalue weighted by molar-refractivity contribution is 7.86. The first-order valence-corrected chi connectivity index (χ1v) is 8.81. The van der Waals surface area contributed by atoms with Crippen LogP contribution in [0.5, 0.6) is 0 Å². The first-order valence-electron chi connectivity index (χ1n) is 7.41. The Bertz CT molecular complexity index is 457. The summed E-state index contributed by atoms with van der Waals surface area (Å²) in [5.41, 5.74) is -0.904. The molecule has 0 bridgehead atoms. The monoisotopic (exact) mass is 304 g/mol. The van der Waals surface area contributed by atoms with Gasteiger partial charge in [-0.25, -0.2) is 0 Å². The van der Waals surface area contributed by atoms with Crippen LogP contribution >= 0.6 is 0 Å². The van der Waals surface area contributed by atoms with E-state index in [2.05, 4.69) is 0 Å². The van der Waals surface area contributed by atoms with Crippen LogP contribution in [-0.4, -0.2) is 54.3 Å². The third-order valence-electron chi connectivity index (χ3n) is 4.67. The van der Waals surface area contributed by atoms with Crippen LogP contribution in [0.25, 0.3) is 0 Å². The molecule has 6 nitrogen and oxygen atoms in total. The second kappa shape index (κ2) is 5.99. The fourth-order valence-corrected chi connectivity index (χ4v) is 4.86. The van der Waals surface area contributed by atoms with Crippen LogP contribution in [0.2, 0.25) is 0 Å². The molecule has 0 aliphatic carbocycles. The summed E-state index contributed by atoms with van der Waals surface area (Å²) in [6.45, 7) is 3.36. The summed E-state index contributed by atoms with van der Waals surface area (Å²) in [6, 6.07) is 0. The van der Waals surface area contributed by atoms with E-state index >= 15 is 0 Å². The SMILES string of the molecule is CCC1(C(=O)O)CCN(S(=O)(=O)N2CCCCCC2)C1. The van der Waals surface area contributed by atoms with Crippen LogP contribution in [-0.2, 0) is 15.0 Å². The molecule has 2 aliphatic rings. The van der Waals surface area contributed by atoms with Gasteiger partial charge in [0.1, 0.15) is 0 Å². The third kappa shape index (κ3) is 2.84. The van der Waals surface area contributed by atoms with E-state index in [0.717, 1.165) is 25.7 Å². The van der Waals surface area contributed by atoms with Gasteiger partial charge in [-0.15, -0.1) is 0 Å². The van der Waals surface area contributed by atoms with E-state index < -0.39 is 21.6 Å². The summed E-state index contributed by atoms with van der Waals surface area (Å²) in [4.78, 5) is 11.4. The quantitative estimate of drug-likeness (QED) is 0.849. The van der Waals surface area contributed by atoms with E-state index in [1.54, 1.807) is 0 Å². The molecule has 0 aromatic heterocycles. The third-order valence-corrected chi connectivity index (χ3v) is 6.65. The van der Waals surface area contributed by atoms with Crippen LogP contribution < -0.4 is 0 Å². The molecular formula is C13H24N2O4S. The van der Waals surface area contributed by atoms with Crippen molar-refractivity contribution in [2.24, 2.45) is 5.41 Å². The average Bonchev–Trinajstić information content (AvgIpc) is 2.68. The summed E-state index contributed by atoms with van der Waals surface area (Å²) >= 11 is 0. The predicted octanol–water partition coefficient (Wildman–Crippen LogP) is 1.29. The maximum Gasteiger partial charge on any atom is 0.311 e. The van der Waals surface area contributed by atoms with Crippen molar-refractivity contribution >= 4 is 16.2 Å². The molecule has 2 rings (SSSR count). The normalized spacial score (nSPS) is 30.2. The van der Waals surface area contributed by atoms with Gasteiger partial charge in [0, 0.05) is 26.2 Å². The Balaban J connectivity index is 2.13. The lowest BCUT2D eigenvalue weighted by atomic mass is 9.85. The number of aliphatic carboxylic acids is 1. The molecule has 1 N–H and O–H groups in total. The molecule has 116 valence electrons. The van der Waals surface area contributed by atoms with Crippen LogP contribution in [0.3, 0.4) is 0 Å². The molecule has 0 radical (unpaired) electrons. The molecule has 20 heavy (non-hydrogen) atoms.